The molecular formula is C29H32ClFN8O5. The summed E-state index contributed by atoms with van der Waals surface area (Å²) in [5.41, 5.74) is 6.35. The molecule has 1 aliphatic heterocycles. The van der Waals surface area contributed by atoms with Crippen LogP contribution in [0.2, 0.25) is 0 Å². The molecule has 44 heavy (non-hydrogen) atoms. The van der Waals surface area contributed by atoms with Crippen molar-refractivity contribution in [2.24, 2.45) is 17.6 Å². The zero-order chi connectivity index (χ0) is 31.6. The summed E-state index contributed by atoms with van der Waals surface area (Å²) in [6.07, 6.45) is 3.10. The van der Waals surface area contributed by atoms with Gasteiger partial charge in [-0.25, -0.2) is 19.2 Å². The number of halogens is 2. The van der Waals surface area contributed by atoms with Gasteiger partial charge in [-0.3, -0.25) is 9.69 Å². The predicted octanol–water partition coefficient (Wildman–Crippen LogP) is 4.75. The number of carbonyl (C=O) groups excluding carboxylic acids is 2. The van der Waals surface area contributed by atoms with E-state index in [0.29, 0.717) is 58.7 Å². The van der Waals surface area contributed by atoms with Gasteiger partial charge < -0.3 is 29.8 Å². The van der Waals surface area contributed by atoms with Gasteiger partial charge in [0.2, 0.25) is 0 Å². The number of benzene rings is 1. The van der Waals surface area contributed by atoms with Crippen molar-refractivity contribution < 1.29 is 28.2 Å². The molecule has 2 bridgehead atoms. The van der Waals surface area contributed by atoms with Gasteiger partial charge in [-0.05, 0) is 58.6 Å². The second-order valence-electron chi connectivity index (χ2n) is 12.2. The maximum Gasteiger partial charge on any atom is 0.415 e. The summed E-state index contributed by atoms with van der Waals surface area (Å²) in [7, 11) is 1.44. The SMILES string of the molecule is Cc1ncc(Oc2nc(N3C[C@@H]4C[C@]3(N)C[C@H]4C(=O)OC(C)(C)C)c3c(n2)[nH]c2c(N(C)C(=O)OCCl)cc(F)cc23)cn1. The van der Waals surface area contributed by atoms with Crippen LogP contribution in [0.1, 0.15) is 39.4 Å². The van der Waals surface area contributed by atoms with Gasteiger partial charge in [-0.1, -0.05) is 11.6 Å². The molecule has 4 heterocycles. The molecule has 2 aliphatic rings. The minimum atomic E-state index is -0.946. The fourth-order valence-electron chi connectivity index (χ4n) is 6.10. The molecule has 2 fully saturated rings. The van der Waals surface area contributed by atoms with Gasteiger partial charge in [0.1, 0.15) is 28.7 Å². The third kappa shape index (κ3) is 5.32. The standard InChI is InChI=1S/C29H32ClFN8O5/c1-14-33-10-17(11-34-14)43-26-36-23-21(18-6-16(31)7-20(22(18)35-23)38(5)27(41)42-13-30)24(37-26)39-12-15-8-29(39,32)9-19(15)25(40)44-28(2,3)4/h6-7,10-11,15,19H,8-9,12-13,32H2,1-5H3,(H,35,36,37)/t15-,19+,29+/m0/s1. The summed E-state index contributed by atoms with van der Waals surface area (Å²) in [6.45, 7) is 7.64. The summed E-state index contributed by atoms with van der Waals surface area (Å²) < 4.78 is 31.7. The molecule has 3 N–H and O–H groups in total. The van der Waals surface area contributed by atoms with Crippen molar-refractivity contribution in [2.75, 3.05) is 29.5 Å². The quantitative estimate of drug-likeness (QED) is 0.224. The third-order valence-corrected chi connectivity index (χ3v) is 8.03. The molecule has 0 spiro atoms. The molecule has 4 aromatic rings. The first-order valence-electron chi connectivity index (χ1n) is 14.0. The number of hydrogen-bond donors (Lipinski definition) is 2. The molecular weight excluding hydrogens is 595 g/mol. The average Bonchev–Trinajstić information content (AvgIpc) is 3.60. The second-order valence-corrected chi connectivity index (χ2v) is 12.4. The molecule has 1 saturated carbocycles. The highest BCUT2D eigenvalue weighted by Gasteiger charge is 2.57. The molecule has 232 valence electrons. The molecule has 6 rings (SSSR count). The number of fused-ring (bicyclic) bond motifs is 5. The third-order valence-electron chi connectivity index (χ3n) is 7.92. The van der Waals surface area contributed by atoms with Crippen LogP contribution in [0.15, 0.2) is 24.5 Å². The summed E-state index contributed by atoms with van der Waals surface area (Å²) in [6, 6.07) is 2.14. The fourth-order valence-corrected chi connectivity index (χ4v) is 6.19. The van der Waals surface area contributed by atoms with Crippen molar-refractivity contribution in [1.82, 2.24) is 24.9 Å². The highest BCUT2D eigenvalue weighted by molar-refractivity contribution is 6.18. The van der Waals surface area contributed by atoms with Gasteiger partial charge in [0, 0.05) is 19.0 Å². The monoisotopic (exact) mass is 626 g/mol. The van der Waals surface area contributed by atoms with Gasteiger partial charge in [0.15, 0.2) is 11.8 Å². The van der Waals surface area contributed by atoms with Gasteiger partial charge in [0.05, 0.1) is 40.6 Å². The number of aryl methyl sites for hydroxylation is 1. The van der Waals surface area contributed by atoms with Gasteiger partial charge >= 0.3 is 18.1 Å². The van der Waals surface area contributed by atoms with E-state index in [2.05, 4.69) is 19.9 Å². The molecule has 15 heteroatoms. The van der Waals surface area contributed by atoms with Crippen molar-refractivity contribution in [2.45, 2.75) is 51.8 Å². The first kappa shape index (κ1) is 29.8. The lowest BCUT2D eigenvalue weighted by molar-refractivity contribution is -0.161. The molecule has 0 radical (unpaired) electrons. The van der Waals surface area contributed by atoms with E-state index in [1.165, 1.54) is 31.6 Å². The van der Waals surface area contributed by atoms with Crippen molar-refractivity contribution >= 4 is 57.1 Å². The average molecular weight is 627 g/mol. The van der Waals surface area contributed by atoms with Crippen molar-refractivity contribution in [1.29, 1.82) is 0 Å². The normalized spacial score (nSPS) is 21.2. The van der Waals surface area contributed by atoms with Crippen LogP contribution in [0, 0.1) is 24.6 Å². The Kier molecular flexibility index (Phi) is 7.24. The predicted molar refractivity (Wildman–Crippen MR) is 160 cm³/mol. The largest absolute Gasteiger partial charge is 0.460 e. The zero-order valence-electron chi connectivity index (χ0n) is 24.9. The highest BCUT2D eigenvalue weighted by atomic mass is 35.5. The second kappa shape index (κ2) is 10.7. The summed E-state index contributed by atoms with van der Waals surface area (Å²) in [5.74, 6) is -0.0874. The Bertz CT molecular complexity index is 1780. The Morgan fingerprint density at radius 2 is 1.95 bits per heavy atom. The van der Waals surface area contributed by atoms with E-state index >= 15 is 4.39 Å². The van der Waals surface area contributed by atoms with Gasteiger partial charge in [-0.2, -0.15) is 9.97 Å². The zero-order valence-corrected chi connectivity index (χ0v) is 25.6. The van der Waals surface area contributed by atoms with Crippen LogP contribution in [0.25, 0.3) is 21.9 Å². The summed E-state index contributed by atoms with van der Waals surface area (Å²) in [4.78, 5) is 49.5. The number of alkyl halides is 1. The molecule has 1 amide bonds. The smallest absolute Gasteiger partial charge is 0.415 e. The van der Waals surface area contributed by atoms with Crippen molar-refractivity contribution in [3.63, 3.8) is 0 Å². The van der Waals surface area contributed by atoms with Crippen LogP contribution < -0.4 is 20.3 Å². The van der Waals surface area contributed by atoms with Crippen LogP contribution in [-0.4, -0.2) is 67.9 Å². The number of nitrogens with one attached hydrogen (secondary N) is 1. The number of amides is 1. The highest BCUT2D eigenvalue weighted by Crippen LogP contribution is 2.51. The number of aromatic nitrogens is 5. The van der Waals surface area contributed by atoms with E-state index in [1.807, 2.05) is 25.7 Å². The number of H-pyrrole nitrogens is 1. The summed E-state index contributed by atoms with van der Waals surface area (Å²) in [5, 5.41) is 0.884. The fraction of sp³-hybridized carbons (Fsp3) is 0.448. The Hall–Kier alpha value is -4.30. The maximum absolute atomic E-state index is 15.1. The Morgan fingerprint density at radius 1 is 1.23 bits per heavy atom. The van der Waals surface area contributed by atoms with Crippen LogP contribution in [-0.2, 0) is 14.3 Å². The topological polar surface area (TPSA) is 162 Å². The Labute approximate surface area is 256 Å². The van der Waals surface area contributed by atoms with Crippen LogP contribution in [0.4, 0.5) is 20.7 Å². The number of ether oxygens (including phenoxy) is 3. The van der Waals surface area contributed by atoms with E-state index in [1.54, 1.807) is 6.92 Å². The van der Waals surface area contributed by atoms with E-state index < -0.39 is 23.2 Å². The van der Waals surface area contributed by atoms with Crippen molar-refractivity contribution in [3.05, 3.63) is 36.2 Å². The number of aromatic amines is 1. The number of nitrogens with two attached hydrogens (primary N) is 1. The Morgan fingerprint density at radius 3 is 2.59 bits per heavy atom. The van der Waals surface area contributed by atoms with E-state index in [-0.39, 0.29) is 35.6 Å². The number of piperidine rings is 1. The van der Waals surface area contributed by atoms with Crippen LogP contribution >= 0.6 is 11.6 Å². The van der Waals surface area contributed by atoms with E-state index in [9.17, 15) is 9.59 Å². The van der Waals surface area contributed by atoms with E-state index in [4.69, 9.17) is 36.5 Å². The van der Waals surface area contributed by atoms with Gasteiger partial charge in [0.25, 0.3) is 0 Å². The number of hydrogen-bond acceptors (Lipinski definition) is 11. The lowest BCUT2D eigenvalue weighted by Crippen LogP contribution is -2.55. The molecule has 3 aromatic heterocycles. The molecule has 1 saturated heterocycles. The van der Waals surface area contributed by atoms with Crippen LogP contribution in [0.3, 0.4) is 0 Å². The summed E-state index contributed by atoms with van der Waals surface area (Å²) >= 11 is 5.59. The molecule has 1 aliphatic carbocycles. The van der Waals surface area contributed by atoms with Crippen LogP contribution in [0.5, 0.6) is 11.8 Å². The van der Waals surface area contributed by atoms with Gasteiger partial charge in [-0.15, -0.1) is 0 Å². The lowest BCUT2D eigenvalue weighted by atomic mass is 9.93. The first-order chi connectivity index (χ1) is 20.8. The number of carbonyl (C=O) groups is 2. The first-order valence-corrected chi connectivity index (χ1v) is 14.5. The minimum absolute atomic E-state index is 0.0292. The molecule has 3 atom stereocenters. The Balaban J connectivity index is 1.48. The lowest BCUT2D eigenvalue weighted by Gasteiger charge is -2.39. The number of esters is 1. The maximum atomic E-state index is 15.1. The van der Waals surface area contributed by atoms with E-state index in [0.717, 1.165) is 4.90 Å². The number of rotatable bonds is 6. The van der Waals surface area contributed by atoms with Crippen molar-refractivity contribution in [3.8, 4) is 11.8 Å². The number of nitrogens with zero attached hydrogens (tertiary/aromatic N) is 6. The minimum Gasteiger partial charge on any atom is -0.460 e. The molecule has 1 aromatic carbocycles. The molecule has 0 unspecified atom stereocenters. The molecule has 13 nitrogen and oxygen atoms in total. The number of anilines is 2.